The van der Waals surface area contributed by atoms with E-state index in [1.807, 2.05) is 32.9 Å². The second-order valence-corrected chi connectivity index (χ2v) is 14.8. The van der Waals surface area contributed by atoms with Gasteiger partial charge in [0.1, 0.15) is 17.7 Å². The Balaban J connectivity index is 1.88. The number of likely N-dealkylation sites (tertiary alicyclic amines) is 1. The summed E-state index contributed by atoms with van der Waals surface area (Å²) in [6, 6.07) is 2.41. The highest BCUT2D eigenvalue weighted by atomic mass is 19.4. The minimum Gasteiger partial charge on any atom is -0.481 e. The van der Waals surface area contributed by atoms with E-state index in [2.05, 4.69) is 22.1 Å². The lowest BCUT2D eigenvalue weighted by atomic mass is 9.86. The van der Waals surface area contributed by atoms with Gasteiger partial charge < -0.3 is 19.9 Å². The van der Waals surface area contributed by atoms with Crippen molar-refractivity contribution in [3.63, 3.8) is 0 Å². The number of carboxylic acid groups (broad SMARTS) is 1. The molecule has 7 nitrogen and oxygen atoms in total. The van der Waals surface area contributed by atoms with Crippen molar-refractivity contribution in [2.45, 2.75) is 111 Å². The molecule has 2 heterocycles. The van der Waals surface area contributed by atoms with Crippen LogP contribution in [0, 0.1) is 50.2 Å². The Bertz CT molecular complexity index is 1960. The van der Waals surface area contributed by atoms with Crippen LogP contribution in [0.25, 0.3) is 11.1 Å². The van der Waals surface area contributed by atoms with Crippen molar-refractivity contribution < 1.29 is 36.6 Å². The summed E-state index contributed by atoms with van der Waals surface area (Å²) in [5.41, 5.74) is -0.516. The number of carbonyl (C=O) groups is 2. The Morgan fingerprint density at radius 2 is 1.58 bits per heavy atom. The number of benzene rings is 2. The van der Waals surface area contributed by atoms with Gasteiger partial charge in [0.25, 0.3) is 5.56 Å². The van der Waals surface area contributed by atoms with Gasteiger partial charge in [-0.1, -0.05) is 37.5 Å². The number of hydrogen-bond donors (Lipinski definition) is 2. The highest BCUT2D eigenvalue weighted by Gasteiger charge is 2.39. The molecule has 53 heavy (non-hydrogen) atoms. The Morgan fingerprint density at radius 3 is 2.09 bits per heavy atom. The quantitative estimate of drug-likeness (QED) is 0.152. The largest absolute Gasteiger partial charge is 0.481 e. The molecule has 0 radical (unpaired) electrons. The zero-order valence-electron chi connectivity index (χ0n) is 31.5. The first kappa shape index (κ1) is 41.3. The molecule has 0 bridgehead atoms. The smallest absolute Gasteiger partial charge is 0.416 e. The molecule has 286 valence electrons. The molecule has 1 aromatic heterocycles. The van der Waals surface area contributed by atoms with E-state index >= 15 is 8.78 Å². The van der Waals surface area contributed by atoms with Crippen LogP contribution >= 0.6 is 0 Å². The lowest BCUT2D eigenvalue weighted by molar-refractivity contribution is -0.139. The summed E-state index contributed by atoms with van der Waals surface area (Å²) in [6.07, 6.45) is -3.92. The second-order valence-electron chi connectivity index (χ2n) is 14.8. The molecule has 4 rings (SSSR count). The Labute approximate surface area is 307 Å². The van der Waals surface area contributed by atoms with Crippen molar-refractivity contribution in [1.82, 2.24) is 14.8 Å². The van der Waals surface area contributed by atoms with Gasteiger partial charge in [-0.05, 0) is 114 Å². The van der Waals surface area contributed by atoms with Gasteiger partial charge >= 0.3 is 12.1 Å². The van der Waals surface area contributed by atoms with Crippen molar-refractivity contribution >= 4 is 11.9 Å². The third-order valence-corrected chi connectivity index (χ3v) is 9.93. The zero-order valence-corrected chi connectivity index (χ0v) is 31.5. The Hall–Kier alpha value is -4.50. The van der Waals surface area contributed by atoms with Crippen LogP contribution in [0.4, 0.5) is 22.0 Å². The number of alkyl halides is 3. The fourth-order valence-electron chi connectivity index (χ4n) is 7.54. The molecule has 0 unspecified atom stereocenters. The first-order chi connectivity index (χ1) is 24.7. The van der Waals surface area contributed by atoms with E-state index in [0.29, 0.717) is 48.7 Å². The molecule has 12 heteroatoms. The SMILES string of the molecule is CC#Cc1cc(-c2c(C)cc(C)cc2C)c(F)c([C@H](CC(=O)O)NC(=O)[C@@H](CC(C)C)n2cc(C3CCN(C(C)C)CC3)c(C(F)(F)F)cc2=O)c1F. The second kappa shape index (κ2) is 16.7. The number of piperidine rings is 1. The monoisotopic (exact) mass is 741 g/mol. The molecule has 2 atom stereocenters. The molecule has 1 aliphatic heterocycles. The normalized spacial score (nSPS) is 15.3. The minimum atomic E-state index is -4.83. The highest BCUT2D eigenvalue weighted by molar-refractivity contribution is 5.82. The molecule has 1 saturated heterocycles. The van der Waals surface area contributed by atoms with Crippen molar-refractivity contribution in [1.29, 1.82) is 0 Å². The van der Waals surface area contributed by atoms with E-state index in [-0.39, 0.29) is 35.1 Å². The average molecular weight is 742 g/mol. The topological polar surface area (TPSA) is 91.6 Å². The molecule has 0 aliphatic carbocycles. The van der Waals surface area contributed by atoms with Crippen LogP contribution in [-0.2, 0) is 15.8 Å². The minimum absolute atomic E-state index is 0.0374. The van der Waals surface area contributed by atoms with E-state index < -0.39 is 70.8 Å². The van der Waals surface area contributed by atoms with E-state index in [1.165, 1.54) is 13.0 Å². The lowest BCUT2D eigenvalue weighted by Gasteiger charge is -2.36. The van der Waals surface area contributed by atoms with Crippen LogP contribution in [0.15, 0.2) is 35.3 Å². The number of nitrogens with one attached hydrogen (secondary N) is 1. The Kier molecular flexibility index (Phi) is 13.0. The number of nitrogens with zero attached hydrogens (tertiary/aromatic N) is 2. The molecule has 1 aliphatic rings. The van der Waals surface area contributed by atoms with Crippen molar-refractivity contribution in [3.05, 3.63) is 91.4 Å². The first-order valence-electron chi connectivity index (χ1n) is 17.9. The third-order valence-electron chi connectivity index (χ3n) is 9.93. The Morgan fingerprint density at radius 1 is 0.981 bits per heavy atom. The third kappa shape index (κ3) is 9.36. The number of pyridine rings is 1. The summed E-state index contributed by atoms with van der Waals surface area (Å²) in [5, 5.41) is 12.4. The number of rotatable bonds is 11. The molecule has 2 N–H and O–H groups in total. The van der Waals surface area contributed by atoms with Gasteiger partial charge in [0.05, 0.1) is 23.6 Å². The van der Waals surface area contributed by atoms with E-state index in [1.54, 1.807) is 27.7 Å². The number of carbonyl (C=O) groups excluding carboxylic acids is 1. The summed E-state index contributed by atoms with van der Waals surface area (Å²) >= 11 is 0. The highest BCUT2D eigenvalue weighted by Crippen LogP contribution is 2.40. The van der Waals surface area contributed by atoms with Gasteiger partial charge in [0.2, 0.25) is 5.91 Å². The van der Waals surface area contributed by atoms with Gasteiger partial charge in [-0.25, -0.2) is 8.78 Å². The van der Waals surface area contributed by atoms with Crippen molar-refractivity contribution in [3.8, 4) is 23.0 Å². The summed E-state index contributed by atoms with van der Waals surface area (Å²) in [5.74, 6) is -0.301. The van der Waals surface area contributed by atoms with Crippen molar-refractivity contribution in [2.75, 3.05) is 13.1 Å². The molecular formula is C41H48F5N3O4. The molecular weight excluding hydrogens is 693 g/mol. The van der Waals surface area contributed by atoms with E-state index in [9.17, 15) is 32.7 Å². The van der Waals surface area contributed by atoms with E-state index in [0.717, 1.165) is 16.3 Å². The molecule has 1 amide bonds. The maximum Gasteiger partial charge on any atom is 0.416 e. The predicted molar refractivity (Wildman–Crippen MR) is 195 cm³/mol. The van der Waals surface area contributed by atoms with Crippen molar-refractivity contribution in [2.24, 2.45) is 5.92 Å². The summed E-state index contributed by atoms with van der Waals surface area (Å²) in [7, 11) is 0. The fourth-order valence-corrected chi connectivity index (χ4v) is 7.54. The maximum atomic E-state index is 16.7. The standard InChI is InChI=1S/C41H48F5N3O4/c1-9-10-28-18-29(36-25(7)16-24(6)17-26(36)8)39(43)37(38(28)42)32(20-35(51)52)47-40(53)33(15-22(2)3)49-21-30(31(19-34(49)50)41(44,45)46)27-11-13-48(14-12-27)23(4)5/h16-19,21-23,27,32-33H,11-15,20H2,1-8H3,(H,47,53)(H,51,52)/t32-,33+/m0/s1. The van der Waals surface area contributed by atoms with Gasteiger partial charge in [-0.15, -0.1) is 5.92 Å². The summed E-state index contributed by atoms with van der Waals surface area (Å²) in [6.45, 7) is 15.5. The van der Waals surface area contributed by atoms with Crippen LogP contribution < -0.4 is 10.9 Å². The van der Waals surface area contributed by atoms with Gasteiger partial charge in [0, 0.05) is 29.4 Å². The molecule has 2 aromatic carbocycles. The number of amides is 1. The number of halogens is 5. The van der Waals surface area contributed by atoms with Gasteiger partial charge in [-0.3, -0.25) is 14.4 Å². The number of aliphatic carboxylic acids is 1. The van der Waals surface area contributed by atoms with Crippen LogP contribution in [0.5, 0.6) is 0 Å². The number of hydrogen-bond acceptors (Lipinski definition) is 4. The van der Waals surface area contributed by atoms with Gasteiger partial charge in [0.15, 0.2) is 0 Å². The zero-order chi connectivity index (χ0) is 39.5. The first-order valence-corrected chi connectivity index (χ1v) is 17.9. The molecule has 0 spiro atoms. The van der Waals surface area contributed by atoms with Crippen LogP contribution in [-0.4, -0.2) is 45.6 Å². The number of aromatic nitrogens is 1. The van der Waals surface area contributed by atoms with Crippen LogP contribution in [0.2, 0.25) is 0 Å². The van der Waals surface area contributed by atoms with E-state index in [4.69, 9.17) is 0 Å². The fraction of sp³-hybridized carbons (Fsp3) is 0.488. The predicted octanol–water partition coefficient (Wildman–Crippen LogP) is 8.62. The maximum absolute atomic E-state index is 16.7. The lowest BCUT2D eigenvalue weighted by Crippen LogP contribution is -2.41. The van der Waals surface area contributed by atoms with Crippen LogP contribution in [0.1, 0.15) is 117 Å². The van der Waals surface area contributed by atoms with Crippen LogP contribution in [0.3, 0.4) is 0 Å². The number of aryl methyl sites for hydroxylation is 3. The van der Waals surface area contributed by atoms with Gasteiger partial charge in [-0.2, -0.15) is 13.2 Å². The molecule has 0 saturated carbocycles. The molecule has 1 fully saturated rings. The molecule has 3 aromatic rings. The summed E-state index contributed by atoms with van der Waals surface area (Å²) in [4.78, 5) is 42.1. The number of carboxylic acids is 1. The summed E-state index contributed by atoms with van der Waals surface area (Å²) < 4.78 is 77.1. The average Bonchev–Trinajstić information content (AvgIpc) is 3.04.